The number of carbonyl (C=O) groups excluding carboxylic acids is 2. The van der Waals surface area contributed by atoms with Gasteiger partial charge in [-0.15, -0.1) is 0 Å². The topological polar surface area (TPSA) is 46.2 Å². The molecule has 0 radical (unpaired) electrons. The molecule has 4 rings (SSSR count). The predicted octanol–water partition coefficient (Wildman–Crippen LogP) is 5.93. The minimum absolute atomic E-state index is 0.0640. The van der Waals surface area contributed by atoms with E-state index in [0.29, 0.717) is 41.1 Å². The molecule has 0 aromatic rings. The average Bonchev–Trinajstić information content (AvgIpc) is 3.02. The van der Waals surface area contributed by atoms with Gasteiger partial charge in [-0.3, -0.25) is 9.59 Å². The zero-order valence-electron chi connectivity index (χ0n) is 19.2. The minimum atomic E-state index is -4.80. The van der Waals surface area contributed by atoms with E-state index in [1.165, 1.54) is 5.57 Å². The molecule has 4 saturated carbocycles. The van der Waals surface area contributed by atoms with Gasteiger partial charge in [-0.25, -0.2) is 0 Å². The van der Waals surface area contributed by atoms with Gasteiger partial charge in [-0.05, 0) is 86.2 Å². The molecule has 4 aliphatic carbocycles. The third kappa shape index (κ3) is 4.16. The number of allylic oxidation sites excluding steroid dienone is 1. The molecule has 180 valence electrons. The first-order valence-electron chi connectivity index (χ1n) is 12.1. The van der Waals surface area contributed by atoms with Crippen LogP contribution < -0.4 is 5.32 Å². The number of carbonyl (C=O) groups is 2. The largest absolute Gasteiger partial charge is 0.471 e. The van der Waals surface area contributed by atoms with Crippen molar-refractivity contribution in [1.29, 1.82) is 0 Å². The van der Waals surface area contributed by atoms with Crippen LogP contribution in [-0.4, -0.2) is 35.4 Å². The molecule has 7 atom stereocenters. The van der Waals surface area contributed by atoms with Crippen LogP contribution in [0.3, 0.4) is 0 Å². The van der Waals surface area contributed by atoms with Crippen molar-refractivity contribution < 1.29 is 22.8 Å². The summed E-state index contributed by atoms with van der Waals surface area (Å²) >= 11 is 1.84. The second-order valence-electron chi connectivity index (χ2n) is 11.1. The van der Waals surface area contributed by atoms with Gasteiger partial charge in [0.25, 0.3) is 0 Å². The van der Waals surface area contributed by atoms with Crippen LogP contribution in [0.2, 0.25) is 0 Å². The minimum Gasteiger partial charge on any atom is -0.348 e. The number of thioether (sulfide) groups is 1. The van der Waals surface area contributed by atoms with E-state index < -0.39 is 12.1 Å². The molecule has 1 N–H and O–H groups in total. The fourth-order valence-electron chi connectivity index (χ4n) is 7.76. The van der Waals surface area contributed by atoms with Gasteiger partial charge in [0.2, 0.25) is 0 Å². The maximum absolute atomic E-state index is 12.6. The zero-order valence-corrected chi connectivity index (χ0v) is 20.0. The Morgan fingerprint density at radius 2 is 1.94 bits per heavy atom. The van der Waals surface area contributed by atoms with Crippen molar-refractivity contribution >= 4 is 23.5 Å². The van der Waals surface area contributed by atoms with E-state index >= 15 is 0 Å². The summed E-state index contributed by atoms with van der Waals surface area (Å²) in [6, 6.07) is 0. The van der Waals surface area contributed by atoms with Gasteiger partial charge in [-0.2, -0.15) is 24.9 Å². The molecule has 0 heterocycles. The van der Waals surface area contributed by atoms with E-state index in [0.717, 1.165) is 57.1 Å². The van der Waals surface area contributed by atoms with Gasteiger partial charge >= 0.3 is 12.1 Å². The van der Waals surface area contributed by atoms with Crippen molar-refractivity contribution in [2.45, 2.75) is 83.1 Å². The standard InChI is InChI=1S/C25H36F3NO2S/c1-15-13-17-18-5-6-21(30)24(18,3)10-8-19(17)23(2)9-7-16(14-20(15)23)32-12-4-11-29-22(31)25(26,27)28/h16-20H,1,4-14H2,2-3H3,(H,29,31)/t16-,17+,18+,19+,20?,23-,24+/m1/s1. The summed E-state index contributed by atoms with van der Waals surface area (Å²) in [4.78, 5) is 23.5. The summed E-state index contributed by atoms with van der Waals surface area (Å²) < 4.78 is 36.8. The van der Waals surface area contributed by atoms with Crippen LogP contribution in [0.4, 0.5) is 13.2 Å². The molecule has 3 nitrogen and oxygen atoms in total. The van der Waals surface area contributed by atoms with Gasteiger partial charge in [0.05, 0.1) is 0 Å². The first kappa shape index (κ1) is 24.2. The Morgan fingerprint density at radius 3 is 2.66 bits per heavy atom. The predicted molar refractivity (Wildman–Crippen MR) is 121 cm³/mol. The third-order valence-electron chi connectivity index (χ3n) is 9.50. The molecule has 0 bridgehead atoms. The first-order chi connectivity index (χ1) is 15.0. The van der Waals surface area contributed by atoms with E-state index in [1.54, 1.807) is 0 Å². The highest BCUT2D eigenvalue weighted by Crippen LogP contribution is 2.66. The fourth-order valence-corrected chi connectivity index (χ4v) is 9.01. The number of nitrogens with one attached hydrogen (secondary N) is 1. The smallest absolute Gasteiger partial charge is 0.348 e. The summed E-state index contributed by atoms with van der Waals surface area (Å²) in [6.07, 6.45) is 4.18. The molecule has 0 aromatic heterocycles. The number of amides is 1. The second-order valence-corrected chi connectivity index (χ2v) is 12.5. The SMILES string of the molecule is C=C1C[C@@H]2[C@H](CC[C@]3(C)C(=O)CC[C@@H]23)[C@@]2(C)CC[C@@H](SCCCNC(=O)C(F)(F)F)CC12. The van der Waals surface area contributed by atoms with Gasteiger partial charge in [-0.1, -0.05) is 26.0 Å². The van der Waals surface area contributed by atoms with Crippen molar-refractivity contribution in [3.05, 3.63) is 12.2 Å². The molecule has 4 fully saturated rings. The molecular weight excluding hydrogens is 435 g/mol. The Morgan fingerprint density at radius 1 is 1.19 bits per heavy atom. The molecule has 0 saturated heterocycles. The number of fused-ring (bicyclic) bond motifs is 5. The van der Waals surface area contributed by atoms with Crippen molar-refractivity contribution in [2.24, 2.45) is 34.5 Å². The lowest BCUT2D eigenvalue weighted by Crippen LogP contribution is -2.54. The number of Topliss-reactive ketones (excluding diaryl/α,β-unsaturated/α-hetero) is 1. The monoisotopic (exact) mass is 471 g/mol. The zero-order chi connectivity index (χ0) is 23.3. The Balaban J connectivity index is 1.32. The van der Waals surface area contributed by atoms with Crippen LogP contribution in [0, 0.1) is 34.5 Å². The molecule has 32 heavy (non-hydrogen) atoms. The molecule has 0 aromatic carbocycles. The summed E-state index contributed by atoms with van der Waals surface area (Å²) in [5.74, 6) is 1.67. The maximum atomic E-state index is 12.6. The molecular formula is C25H36F3NO2S. The normalized spacial score (nSPS) is 41.6. The second kappa shape index (κ2) is 8.66. The van der Waals surface area contributed by atoms with E-state index in [-0.39, 0.29) is 17.4 Å². The van der Waals surface area contributed by atoms with Crippen LogP contribution in [0.1, 0.15) is 71.6 Å². The van der Waals surface area contributed by atoms with Gasteiger partial charge in [0.15, 0.2) is 0 Å². The lowest BCUT2D eigenvalue weighted by atomic mass is 9.44. The Kier molecular flexibility index (Phi) is 6.54. The molecule has 0 aliphatic heterocycles. The molecule has 1 amide bonds. The Hall–Kier alpha value is -0.980. The van der Waals surface area contributed by atoms with E-state index in [1.807, 2.05) is 17.1 Å². The summed E-state index contributed by atoms with van der Waals surface area (Å²) in [5, 5.41) is 2.46. The molecule has 0 spiro atoms. The van der Waals surface area contributed by atoms with Crippen LogP contribution in [0.5, 0.6) is 0 Å². The van der Waals surface area contributed by atoms with Crippen molar-refractivity contribution in [1.82, 2.24) is 5.32 Å². The van der Waals surface area contributed by atoms with Crippen molar-refractivity contribution in [3.8, 4) is 0 Å². The highest BCUT2D eigenvalue weighted by Gasteiger charge is 2.60. The van der Waals surface area contributed by atoms with E-state index in [9.17, 15) is 22.8 Å². The van der Waals surface area contributed by atoms with Crippen LogP contribution in [0.25, 0.3) is 0 Å². The van der Waals surface area contributed by atoms with Gasteiger partial charge in [0, 0.05) is 23.6 Å². The van der Waals surface area contributed by atoms with E-state index in [4.69, 9.17) is 0 Å². The van der Waals surface area contributed by atoms with Crippen molar-refractivity contribution in [2.75, 3.05) is 12.3 Å². The lowest BCUT2D eigenvalue weighted by molar-refractivity contribution is -0.173. The van der Waals surface area contributed by atoms with Gasteiger partial charge in [0.1, 0.15) is 5.78 Å². The van der Waals surface area contributed by atoms with Crippen molar-refractivity contribution in [3.63, 3.8) is 0 Å². The first-order valence-corrected chi connectivity index (χ1v) is 13.2. The third-order valence-corrected chi connectivity index (χ3v) is 10.9. The highest BCUT2D eigenvalue weighted by atomic mass is 32.2. The Labute approximate surface area is 193 Å². The molecule has 1 unspecified atom stereocenters. The van der Waals surface area contributed by atoms with Crippen LogP contribution in [0.15, 0.2) is 12.2 Å². The average molecular weight is 472 g/mol. The summed E-state index contributed by atoms with van der Waals surface area (Å²) in [6.45, 7) is 9.27. The Bertz CT molecular complexity index is 784. The quantitative estimate of drug-likeness (QED) is 0.399. The molecule has 4 aliphatic rings. The summed E-state index contributed by atoms with van der Waals surface area (Å²) in [7, 11) is 0. The number of hydrogen-bond acceptors (Lipinski definition) is 3. The molecule has 7 heteroatoms. The number of rotatable bonds is 5. The fraction of sp³-hybridized carbons (Fsp3) is 0.840. The number of alkyl halides is 3. The maximum Gasteiger partial charge on any atom is 0.471 e. The van der Waals surface area contributed by atoms with Crippen LogP contribution >= 0.6 is 11.8 Å². The lowest BCUT2D eigenvalue weighted by Gasteiger charge is -2.61. The van der Waals surface area contributed by atoms with Crippen LogP contribution in [-0.2, 0) is 9.59 Å². The highest BCUT2D eigenvalue weighted by molar-refractivity contribution is 7.99. The number of halogens is 3. The number of ketones is 1. The van der Waals surface area contributed by atoms with E-state index in [2.05, 4.69) is 20.4 Å². The summed E-state index contributed by atoms with van der Waals surface area (Å²) in [5.41, 5.74) is 1.50. The van der Waals surface area contributed by atoms with Gasteiger partial charge < -0.3 is 5.32 Å². The number of hydrogen-bond donors (Lipinski definition) is 1.